The fourth-order valence-electron chi connectivity index (χ4n) is 4.41. The van der Waals surface area contributed by atoms with Crippen LogP contribution in [0.4, 0.5) is 4.79 Å². The Morgan fingerprint density at radius 3 is 2.12 bits per heavy atom. The number of cyclic esters (lactones) is 1. The average molecular weight is 558 g/mol. The lowest BCUT2D eigenvalue weighted by Crippen LogP contribution is -2.46. The van der Waals surface area contributed by atoms with E-state index in [1.54, 1.807) is 45.0 Å². The number of hydrogen-bond donors (Lipinski definition) is 2. The van der Waals surface area contributed by atoms with E-state index in [0.717, 1.165) is 11.1 Å². The van der Waals surface area contributed by atoms with Gasteiger partial charge in [0.15, 0.2) is 17.6 Å². The Labute approximate surface area is 239 Å². The molecule has 2 N–H and O–H groups in total. The van der Waals surface area contributed by atoms with E-state index in [9.17, 15) is 19.5 Å². The molecule has 8 nitrogen and oxygen atoms in total. The van der Waals surface area contributed by atoms with Gasteiger partial charge in [0.05, 0.1) is 6.04 Å². The summed E-state index contributed by atoms with van der Waals surface area (Å²) in [4.78, 5) is 39.0. The van der Waals surface area contributed by atoms with Gasteiger partial charge in [-0.2, -0.15) is 0 Å². The maximum absolute atomic E-state index is 13.6. The van der Waals surface area contributed by atoms with E-state index in [1.807, 2.05) is 60.7 Å². The van der Waals surface area contributed by atoms with Crippen LogP contribution in [-0.2, 0) is 38.5 Å². The third-order valence-corrected chi connectivity index (χ3v) is 6.42. The van der Waals surface area contributed by atoms with Crippen molar-refractivity contribution < 1.29 is 33.7 Å². The van der Waals surface area contributed by atoms with E-state index >= 15 is 0 Å². The van der Waals surface area contributed by atoms with Crippen LogP contribution < -0.4 is 10.1 Å². The van der Waals surface area contributed by atoms with Gasteiger partial charge >= 0.3 is 12.1 Å². The van der Waals surface area contributed by atoms with Crippen molar-refractivity contribution in [2.24, 2.45) is 0 Å². The van der Waals surface area contributed by atoms with E-state index in [0.29, 0.717) is 30.8 Å². The highest BCUT2D eigenvalue weighted by Gasteiger charge is 2.41. The predicted molar refractivity (Wildman–Crippen MR) is 153 cm³/mol. The fraction of sp³-hybridized carbons (Fsp3) is 0.303. The molecule has 41 heavy (non-hydrogen) atoms. The number of aryl methyl sites for hydroxylation is 1. The normalized spacial score (nSPS) is 15.7. The topological polar surface area (TPSA) is 111 Å². The average Bonchev–Trinajstić information content (AvgIpc) is 3.23. The maximum Gasteiger partial charge on any atom is 0.408 e. The molecule has 0 saturated heterocycles. The van der Waals surface area contributed by atoms with Crippen molar-refractivity contribution in [1.29, 1.82) is 0 Å². The van der Waals surface area contributed by atoms with Crippen LogP contribution in [0.1, 0.15) is 43.9 Å². The molecule has 0 radical (unpaired) electrons. The molecule has 4 rings (SSSR count). The summed E-state index contributed by atoms with van der Waals surface area (Å²) in [5.41, 5.74) is 1.50. The lowest BCUT2D eigenvalue weighted by atomic mass is 9.96. The first kappa shape index (κ1) is 29.4. The smallest absolute Gasteiger partial charge is 0.408 e. The molecule has 0 aliphatic carbocycles. The Bertz CT molecular complexity index is 1380. The Balaban J connectivity index is 1.48. The zero-order valence-corrected chi connectivity index (χ0v) is 23.5. The summed E-state index contributed by atoms with van der Waals surface area (Å²) >= 11 is 0. The number of carbonyl (C=O) groups is 3. The first-order valence-electron chi connectivity index (χ1n) is 13.6. The first-order valence-corrected chi connectivity index (χ1v) is 13.6. The van der Waals surface area contributed by atoms with Crippen molar-refractivity contribution >= 4 is 17.8 Å². The van der Waals surface area contributed by atoms with Crippen LogP contribution in [0.25, 0.3) is 0 Å². The van der Waals surface area contributed by atoms with Crippen LogP contribution in [0.5, 0.6) is 5.75 Å². The van der Waals surface area contributed by atoms with Crippen LogP contribution in [0.15, 0.2) is 96.3 Å². The van der Waals surface area contributed by atoms with Crippen molar-refractivity contribution in [3.05, 3.63) is 113 Å². The van der Waals surface area contributed by atoms with Gasteiger partial charge in [0.25, 0.3) is 0 Å². The molecular formula is C33H35NO7. The molecule has 0 fully saturated rings. The zero-order chi connectivity index (χ0) is 29.4. The molecule has 1 aliphatic rings. The van der Waals surface area contributed by atoms with Crippen LogP contribution >= 0.6 is 0 Å². The SMILES string of the molecule is CC(C)(C)OC(=O)N[C@H](Cc1ccc(OCc2ccccc2)cc1)C(=O)C1=C(O)C(CCc2ccccc2)OC1=O. The highest BCUT2D eigenvalue weighted by Crippen LogP contribution is 2.27. The molecule has 0 saturated carbocycles. The van der Waals surface area contributed by atoms with Gasteiger partial charge in [0.1, 0.15) is 23.5 Å². The third-order valence-electron chi connectivity index (χ3n) is 6.42. The van der Waals surface area contributed by atoms with E-state index in [2.05, 4.69) is 5.32 Å². The number of aliphatic hydroxyl groups is 1. The van der Waals surface area contributed by atoms with E-state index in [-0.39, 0.29) is 6.42 Å². The van der Waals surface area contributed by atoms with Crippen molar-refractivity contribution in [2.75, 3.05) is 0 Å². The number of ether oxygens (including phenoxy) is 3. The molecule has 3 aromatic rings. The van der Waals surface area contributed by atoms with Crippen LogP contribution in [-0.4, -0.2) is 40.7 Å². The van der Waals surface area contributed by atoms with Crippen molar-refractivity contribution in [3.63, 3.8) is 0 Å². The zero-order valence-electron chi connectivity index (χ0n) is 23.5. The molecule has 0 spiro atoms. The number of Topliss-reactive ketones (excluding diaryl/α,β-unsaturated/α-hetero) is 1. The molecule has 0 aromatic heterocycles. The minimum Gasteiger partial charge on any atom is -0.507 e. The first-order chi connectivity index (χ1) is 19.6. The molecule has 1 heterocycles. The van der Waals surface area contributed by atoms with Crippen molar-refractivity contribution in [3.8, 4) is 5.75 Å². The van der Waals surface area contributed by atoms with Gasteiger partial charge in [-0.3, -0.25) is 4.79 Å². The number of hydrogen-bond acceptors (Lipinski definition) is 7. The molecule has 1 aliphatic heterocycles. The lowest BCUT2D eigenvalue weighted by Gasteiger charge is -2.23. The Hall–Kier alpha value is -4.59. The number of nitrogens with one attached hydrogen (secondary N) is 1. The molecule has 3 aromatic carbocycles. The van der Waals surface area contributed by atoms with Crippen molar-refractivity contribution in [2.45, 2.75) is 64.4 Å². The summed E-state index contributed by atoms with van der Waals surface area (Å²) in [7, 11) is 0. The standard InChI is InChI=1S/C33H35NO7/c1-33(2,3)41-32(38)34-26(20-23-14-17-25(18-15-23)39-21-24-12-8-5-9-13-24)29(35)28-30(36)27(40-31(28)37)19-16-22-10-6-4-7-11-22/h4-15,17-18,26-27,36H,16,19-21H2,1-3H3,(H,34,38)/t26-,27?/m1/s1. The quantitative estimate of drug-likeness (QED) is 0.232. The molecule has 1 unspecified atom stereocenters. The van der Waals surface area contributed by atoms with Crippen LogP contribution in [0.3, 0.4) is 0 Å². The number of ketones is 1. The number of alkyl carbamates (subject to hydrolysis) is 1. The van der Waals surface area contributed by atoms with Gasteiger partial charge in [0, 0.05) is 6.42 Å². The highest BCUT2D eigenvalue weighted by atomic mass is 16.6. The van der Waals surface area contributed by atoms with Gasteiger partial charge < -0.3 is 24.6 Å². The number of benzene rings is 3. The second-order valence-electron chi connectivity index (χ2n) is 10.9. The molecule has 214 valence electrons. The van der Waals surface area contributed by atoms with Crippen LogP contribution in [0, 0.1) is 0 Å². The lowest BCUT2D eigenvalue weighted by molar-refractivity contribution is -0.141. The number of rotatable bonds is 11. The summed E-state index contributed by atoms with van der Waals surface area (Å²) in [6.45, 7) is 5.52. The molecule has 1 amide bonds. The Kier molecular flexibility index (Phi) is 9.45. The molecule has 8 heteroatoms. The number of esters is 1. The number of aliphatic hydroxyl groups excluding tert-OH is 1. The number of amides is 1. The minimum atomic E-state index is -1.18. The summed E-state index contributed by atoms with van der Waals surface area (Å²) in [6.07, 6.45) is -0.846. The second kappa shape index (κ2) is 13.2. The maximum atomic E-state index is 13.6. The van der Waals surface area contributed by atoms with Gasteiger partial charge in [-0.25, -0.2) is 9.59 Å². The third kappa shape index (κ3) is 8.45. The summed E-state index contributed by atoms with van der Waals surface area (Å²) in [5, 5.41) is 13.4. The van der Waals surface area contributed by atoms with Gasteiger partial charge in [0.2, 0.25) is 0 Å². The second-order valence-corrected chi connectivity index (χ2v) is 10.9. The number of carbonyl (C=O) groups excluding carboxylic acids is 3. The van der Waals surface area contributed by atoms with E-state index in [1.165, 1.54) is 0 Å². The van der Waals surface area contributed by atoms with Gasteiger partial charge in [-0.05, 0) is 62.4 Å². The Morgan fingerprint density at radius 2 is 1.51 bits per heavy atom. The van der Waals surface area contributed by atoms with Crippen molar-refractivity contribution in [1.82, 2.24) is 5.32 Å². The van der Waals surface area contributed by atoms with E-state index in [4.69, 9.17) is 14.2 Å². The largest absolute Gasteiger partial charge is 0.507 e. The van der Waals surface area contributed by atoms with Crippen LogP contribution in [0.2, 0.25) is 0 Å². The molecule has 2 atom stereocenters. The highest BCUT2D eigenvalue weighted by molar-refractivity contribution is 6.21. The van der Waals surface area contributed by atoms with Gasteiger partial charge in [-0.1, -0.05) is 72.8 Å². The summed E-state index contributed by atoms with van der Waals surface area (Å²) in [6, 6.07) is 25.2. The predicted octanol–water partition coefficient (Wildman–Crippen LogP) is 5.64. The summed E-state index contributed by atoms with van der Waals surface area (Å²) < 4.78 is 16.5. The monoisotopic (exact) mass is 557 g/mol. The Morgan fingerprint density at radius 1 is 0.902 bits per heavy atom. The summed E-state index contributed by atoms with van der Waals surface area (Å²) in [5.74, 6) is -1.44. The minimum absolute atomic E-state index is 0.0514. The fourth-order valence-corrected chi connectivity index (χ4v) is 4.41. The van der Waals surface area contributed by atoms with E-state index < -0.39 is 46.9 Å². The molecule has 0 bridgehead atoms. The van der Waals surface area contributed by atoms with Gasteiger partial charge in [-0.15, -0.1) is 0 Å². The molecular weight excluding hydrogens is 522 g/mol.